The van der Waals surface area contributed by atoms with Crippen molar-refractivity contribution in [3.8, 4) is 0 Å². The third-order valence-electron chi connectivity index (χ3n) is 3.92. The summed E-state index contributed by atoms with van der Waals surface area (Å²) in [4.78, 5) is 16.4. The molecule has 0 radical (unpaired) electrons. The summed E-state index contributed by atoms with van der Waals surface area (Å²) in [7, 11) is 0. The fourth-order valence-electron chi connectivity index (χ4n) is 2.71. The molecule has 0 aromatic carbocycles. The second-order valence-corrected chi connectivity index (χ2v) is 5.22. The molecule has 0 bridgehead atoms. The van der Waals surface area contributed by atoms with E-state index >= 15 is 0 Å². The van der Waals surface area contributed by atoms with Crippen LogP contribution in [0.25, 0.3) is 0 Å². The molecule has 1 unspecified atom stereocenters. The molecule has 4 heteroatoms. The third kappa shape index (κ3) is 4.58. The number of hydrogen-bond acceptors (Lipinski definition) is 3. The molecule has 1 aliphatic heterocycles. The van der Waals surface area contributed by atoms with Gasteiger partial charge in [0.15, 0.2) is 0 Å². The van der Waals surface area contributed by atoms with Gasteiger partial charge in [-0.3, -0.25) is 4.79 Å². The SMILES string of the molecule is CCN(CC)C1CCN(C(=O)CCC(C)O)CC1. The summed E-state index contributed by atoms with van der Waals surface area (Å²) in [6.45, 7) is 10.1. The molecule has 0 saturated carbocycles. The number of amides is 1. The van der Waals surface area contributed by atoms with E-state index in [1.165, 1.54) is 0 Å². The fourth-order valence-corrected chi connectivity index (χ4v) is 2.71. The first kappa shape index (κ1) is 15.4. The largest absolute Gasteiger partial charge is 0.393 e. The second kappa shape index (κ2) is 7.74. The van der Waals surface area contributed by atoms with Gasteiger partial charge < -0.3 is 14.9 Å². The highest BCUT2D eigenvalue weighted by Gasteiger charge is 2.25. The zero-order valence-corrected chi connectivity index (χ0v) is 12.1. The maximum Gasteiger partial charge on any atom is 0.222 e. The highest BCUT2D eigenvalue weighted by Crippen LogP contribution is 2.17. The Labute approximate surface area is 111 Å². The van der Waals surface area contributed by atoms with E-state index in [-0.39, 0.29) is 12.0 Å². The summed E-state index contributed by atoms with van der Waals surface area (Å²) in [5, 5.41) is 9.20. The summed E-state index contributed by atoms with van der Waals surface area (Å²) in [6.07, 6.45) is 2.86. The van der Waals surface area contributed by atoms with Crippen LogP contribution in [0.15, 0.2) is 0 Å². The normalized spacial score (nSPS) is 19.3. The van der Waals surface area contributed by atoms with Crippen molar-refractivity contribution in [2.24, 2.45) is 0 Å². The van der Waals surface area contributed by atoms with Crippen molar-refractivity contribution in [3.63, 3.8) is 0 Å². The van der Waals surface area contributed by atoms with E-state index in [1.54, 1.807) is 6.92 Å². The van der Waals surface area contributed by atoms with Crippen molar-refractivity contribution in [1.29, 1.82) is 0 Å². The predicted molar refractivity (Wildman–Crippen MR) is 73.4 cm³/mol. The minimum atomic E-state index is -0.373. The van der Waals surface area contributed by atoms with E-state index in [0.717, 1.165) is 39.0 Å². The predicted octanol–water partition coefficient (Wildman–Crippen LogP) is 1.48. The molecule has 1 heterocycles. The lowest BCUT2D eigenvalue weighted by molar-refractivity contribution is -0.133. The first-order chi connectivity index (χ1) is 8.58. The quantitative estimate of drug-likeness (QED) is 0.783. The van der Waals surface area contributed by atoms with Crippen LogP contribution in [0.1, 0.15) is 46.5 Å². The van der Waals surface area contributed by atoms with E-state index in [1.807, 2.05) is 4.90 Å². The van der Waals surface area contributed by atoms with Gasteiger partial charge in [-0.25, -0.2) is 0 Å². The van der Waals surface area contributed by atoms with E-state index in [4.69, 9.17) is 0 Å². The summed E-state index contributed by atoms with van der Waals surface area (Å²) in [6, 6.07) is 0.640. The molecule has 1 saturated heterocycles. The van der Waals surface area contributed by atoms with Crippen LogP contribution >= 0.6 is 0 Å². The van der Waals surface area contributed by atoms with Crippen LogP contribution < -0.4 is 0 Å². The molecular formula is C14H28N2O2. The van der Waals surface area contributed by atoms with Crippen LogP contribution in [-0.2, 0) is 4.79 Å². The molecule has 1 aliphatic rings. The molecular weight excluding hydrogens is 228 g/mol. The molecule has 0 aliphatic carbocycles. The number of rotatable bonds is 6. The minimum absolute atomic E-state index is 0.203. The summed E-state index contributed by atoms with van der Waals surface area (Å²) < 4.78 is 0. The lowest BCUT2D eigenvalue weighted by Gasteiger charge is -2.37. The number of piperidine rings is 1. The Hall–Kier alpha value is -0.610. The van der Waals surface area contributed by atoms with E-state index in [9.17, 15) is 9.90 Å². The second-order valence-electron chi connectivity index (χ2n) is 5.22. The Balaban J connectivity index is 2.32. The number of hydrogen-bond donors (Lipinski definition) is 1. The number of aliphatic hydroxyl groups excluding tert-OH is 1. The maximum absolute atomic E-state index is 11.9. The minimum Gasteiger partial charge on any atom is -0.393 e. The standard InChI is InChI=1S/C14H28N2O2/c1-4-15(5-2)13-8-10-16(11-9-13)14(18)7-6-12(3)17/h12-13,17H,4-11H2,1-3H3. The molecule has 1 rings (SSSR count). The van der Waals surface area contributed by atoms with Gasteiger partial charge in [0.05, 0.1) is 6.10 Å². The van der Waals surface area contributed by atoms with Gasteiger partial charge in [-0.2, -0.15) is 0 Å². The number of aliphatic hydroxyl groups is 1. The maximum atomic E-state index is 11.9. The smallest absolute Gasteiger partial charge is 0.222 e. The average Bonchev–Trinajstić information content (AvgIpc) is 2.38. The van der Waals surface area contributed by atoms with Gasteiger partial charge in [0.2, 0.25) is 5.91 Å². The zero-order chi connectivity index (χ0) is 13.5. The van der Waals surface area contributed by atoms with Crippen LogP contribution in [0, 0.1) is 0 Å². The number of likely N-dealkylation sites (tertiary alicyclic amines) is 1. The average molecular weight is 256 g/mol. The lowest BCUT2D eigenvalue weighted by atomic mass is 10.0. The van der Waals surface area contributed by atoms with Crippen molar-refractivity contribution < 1.29 is 9.90 Å². The van der Waals surface area contributed by atoms with Crippen LogP contribution in [0.5, 0.6) is 0 Å². The first-order valence-corrected chi connectivity index (χ1v) is 7.28. The highest BCUT2D eigenvalue weighted by atomic mass is 16.3. The van der Waals surface area contributed by atoms with Crippen LogP contribution in [-0.4, -0.2) is 59.1 Å². The van der Waals surface area contributed by atoms with Crippen LogP contribution in [0.3, 0.4) is 0 Å². The van der Waals surface area contributed by atoms with Crippen molar-refractivity contribution in [3.05, 3.63) is 0 Å². The van der Waals surface area contributed by atoms with Crippen LogP contribution in [0.4, 0.5) is 0 Å². The van der Waals surface area contributed by atoms with E-state index in [0.29, 0.717) is 18.9 Å². The van der Waals surface area contributed by atoms with Gasteiger partial charge >= 0.3 is 0 Å². The molecule has 1 fully saturated rings. The monoisotopic (exact) mass is 256 g/mol. The third-order valence-corrected chi connectivity index (χ3v) is 3.92. The molecule has 0 spiro atoms. The number of carbonyl (C=O) groups excluding carboxylic acids is 1. The molecule has 1 N–H and O–H groups in total. The summed E-state index contributed by atoms with van der Waals surface area (Å²) >= 11 is 0. The Morgan fingerprint density at radius 3 is 2.33 bits per heavy atom. The Kier molecular flexibility index (Phi) is 6.65. The molecule has 4 nitrogen and oxygen atoms in total. The van der Waals surface area contributed by atoms with Crippen molar-refractivity contribution in [2.45, 2.75) is 58.6 Å². The van der Waals surface area contributed by atoms with Gasteiger partial charge in [-0.1, -0.05) is 13.8 Å². The van der Waals surface area contributed by atoms with Crippen molar-refractivity contribution in [1.82, 2.24) is 9.80 Å². The van der Waals surface area contributed by atoms with Crippen LogP contribution in [0.2, 0.25) is 0 Å². The van der Waals surface area contributed by atoms with Crippen molar-refractivity contribution >= 4 is 5.91 Å². The number of nitrogens with zero attached hydrogens (tertiary/aromatic N) is 2. The number of carbonyl (C=O) groups is 1. The molecule has 0 aromatic heterocycles. The molecule has 0 aromatic rings. The first-order valence-electron chi connectivity index (χ1n) is 7.28. The molecule has 18 heavy (non-hydrogen) atoms. The Morgan fingerprint density at radius 2 is 1.89 bits per heavy atom. The fraction of sp³-hybridized carbons (Fsp3) is 0.929. The van der Waals surface area contributed by atoms with Gasteiger partial charge in [0, 0.05) is 25.6 Å². The lowest BCUT2D eigenvalue weighted by Crippen LogP contribution is -2.46. The zero-order valence-electron chi connectivity index (χ0n) is 12.1. The van der Waals surface area contributed by atoms with Gasteiger partial charge in [-0.15, -0.1) is 0 Å². The Morgan fingerprint density at radius 1 is 1.33 bits per heavy atom. The van der Waals surface area contributed by atoms with Gasteiger partial charge in [0.25, 0.3) is 0 Å². The molecule has 106 valence electrons. The van der Waals surface area contributed by atoms with Crippen molar-refractivity contribution in [2.75, 3.05) is 26.2 Å². The van der Waals surface area contributed by atoms with Gasteiger partial charge in [0.1, 0.15) is 0 Å². The Bertz CT molecular complexity index is 244. The molecule has 1 amide bonds. The van der Waals surface area contributed by atoms with Gasteiger partial charge in [-0.05, 0) is 39.3 Å². The summed E-state index contributed by atoms with van der Waals surface area (Å²) in [5.41, 5.74) is 0. The topological polar surface area (TPSA) is 43.8 Å². The summed E-state index contributed by atoms with van der Waals surface area (Å²) in [5.74, 6) is 0.203. The van der Waals surface area contributed by atoms with E-state index < -0.39 is 0 Å². The van der Waals surface area contributed by atoms with E-state index in [2.05, 4.69) is 18.7 Å². The molecule has 1 atom stereocenters. The highest BCUT2D eigenvalue weighted by molar-refractivity contribution is 5.76.